The topological polar surface area (TPSA) is 57.2 Å². The molecule has 0 aliphatic carbocycles. The third-order valence-electron chi connectivity index (χ3n) is 4.72. The molecule has 150 valence electrons. The number of carbonyl (C=O) groups excluding carboxylic acids is 1. The fourth-order valence-corrected chi connectivity index (χ4v) is 3.37. The van der Waals surface area contributed by atoms with Crippen LogP contribution in [-0.4, -0.2) is 44.3 Å². The summed E-state index contributed by atoms with van der Waals surface area (Å²) in [7, 11) is 4.91. The zero-order chi connectivity index (χ0) is 20.3. The summed E-state index contributed by atoms with van der Waals surface area (Å²) in [5.74, 6) is 2.46. The molecule has 0 saturated heterocycles. The Morgan fingerprint density at radius 1 is 1.11 bits per heavy atom. The van der Waals surface area contributed by atoms with Crippen LogP contribution in [0.4, 0.5) is 0 Å². The molecule has 2 aromatic carbocycles. The summed E-state index contributed by atoms with van der Waals surface area (Å²) in [5, 5.41) is 0. The van der Waals surface area contributed by atoms with Crippen molar-refractivity contribution in [2.75, 3.05) is 27.9 Å². The van der Waals surface area contributed by atoms with E-state index < -0.39 is 0 Å². The molecule has 3 rings (SSSR count). The molecule has 0 N–H and O–H groups in total. The molecule has 28 heavy (non-hydrogen) atoms. The lowest BCUT2D eigenvalue weighted by Gasteiger charge is -2.21. The first-order valence-corrected chi connectivity index (χ1v) is 9.22. The van der Waals surface area contributed by atoms with Gasteiger partial charge in [0.1, 0.15) is 5.60 Å². The van der Waals surface area contributed by atoms with E-state index in [-0.39, 0.29) is 18.1 Å². The van der Waals surface area contributed by atoms with Crippen LogP contribution in [0.5, 0.6) is 23.0 Å². The van der Waals surface area contributed by atoms with E-state index in [4.69, 9.17) is 18.9 Å². The summed E-state index contributed by atoms with van der Waals surface area (Å²) in [6.07, 6.45) is 0.822. The fraction of sp³-hybridized carbons (Fsp3) is 0.409. The molecule has 1 heterocycles. The van der Waals surface area contributed by atoms with Crippen molar-refractivity contribution in [2.24, 2.45) is 0 Å². The molecule has 0 radical (unpaired) electrons. The van der Waals surface area contributed by atoms with E-state index in [1.54, 1.807) is 26.2 Å². The van der Waals surface area contributed by atoms with Crippen molar-refractivity contribution in [1.82, 2.24) is 4.90 Å². The molecule has 1 aliphatic rings. The van der Waals surface area contributed by atoms with E-state index in [1.165, 1.54) is 0 Å². The van der Waals surface area contributed by atoms with Crippen molar-refractivity contribution in [2.45, 2.75) is 32.4 Å². The maximum Gasteiger partial charge on any atom is 0.260 e. The number of benzene rings is 2. The predicted octanol–water partition coefficient (Wildman–Crippen LogP) is 3.45. The van der Waals surface area contributed by atoms with E-state index in [0.717, 1.165) is 23.3 Å². The zero-order valence-electron chi connectivity index (χ0n) is 17.1. The minimum Gasteiger partial charge on any atom is -0.493 e. The number of nitrogens with zero attached hydrogens (tertiary/aromatic N) is 1. The van der Waals surface area contributed by atoms with Crippen LogP contribution >= 0.6 is 0 Å². The Balaban J connectivity index is 1.65. The third-order valence-corrected chi connectivity index (χ3v) is 4.72. The normalized spacial score (nSPS) is 14.0. The van der Waals surface area contributed by atoms with Crippen molar-refractivity contribution < 1.29 is 23.7 Å². The van der Waals surface area contributed by atoms with Gasteiger partial charge in [-0.05, 0) is 26.0 Å². The third kappa shape index (κ3) is 4.16. The van der Waals surface area contributed by atoms with Crippen molar-refractivity contribution >= 4 is 5.91 Å². The van der Waals surface area contributed by atoms with E-state index in [2.05, 4.69) is 0 Å². The van der Waals surface area contributed by atoms with E-state index in [1.807, 2.05) is 50.2 Å². The quantitative estimate of drug-likeness (QED) is 0.731. The summed E-state index contributed by atoms with van der Waals surface area (Å²) in [4.78, 5) is 14.2. The minimum atomic E-state index is -0.258. The molecule has 6 heteroatoms. The number of rotatable bonds is 7. The van der Waals surface area contributed by atoms with Gasteiger partial charge in [0.25, 0.3) is 5.91 Å². The lowest BCUT2D eigenvalue weighted by Crippen LogP contribution is -2.31. The Bertz CT molecular complexity index is 862. The highest BCUT2D eigenvalue weighted by molar-refractivity contribution is 5.77. The monoisotopic (exact) mass is 385 g/mol. The Kier molecular flexibility index (Phi) is 5.68. The number of likely N-dealkylation sites (N-methyl/N-ethyl adjacent to an activating group) is 1. The average molecular weight is 385 g/mol. The van der Waals surface area contributed by atoms with Gasteiger partial charge in [0.15, 0.2) is 29.6 Å². The molecule has 0 bridgehead atoms. The number of para-hydroxylation sites is 2. The van der Waals surface area contributed by atoms with Gasteiger partial charge in [0, 0.05) is 31.1 Å². The number of amides is 1. The number of carbonyl (C=O) groups is 1. The molecule has 0 aromatic heterocycles. The molecular weight excluding hydrogens is 358 g/mol. The summed E-state index contributed by atoms with van der Waals surface area (Å²) >= 11 is 0. The summed E-state index contributed by atoms with van der Waals surface area (Å²) < 4.78 is 22.5. The molecule has 1 aliphatic heterocycles. The number of hydrogen-bond donors (Lipinski definition) is 0. The van der Waals surface area contributed by atoms with Crippen LogP contribution in [-0.2, 0) is 17.8 Å². The summed E-state index contributed by atoms with van der Waals surface area (Å²) in [6, 6.07) is 11.4. The van der Waals surface area contributed by atoms with Crippen LogP contribution in [0.25, 0.3) is 0 Å². The van der Waals surface area contributed by atoms with Crippen molar-refractivity contribution in [3.63, 3.8) is 0 Å². The average Bonchev–Trinajstić information content (AvgIpc) is 3.00. The van der Waals surface area contributed by atoms with Gasteiger partial charge < -0.3 is 23.8 Å². The van der Waals surface area contributed by atoms with Crippen LogP contribution in [0.1, 0.15) is 25.0 Å². The minimum absolute atomic E-state index is 0.0664. The van der Waals surface area contributed by atoms with E-state index in [9.17, 15) is 4.79 Å². The Hall–Kier alpha value is -2.89. The molecule has 0 saturated carbocycles. The van der Waals surface area contributed by atoms with Crippen molar-refractivity contribution in [1.29, 1.82) is 0 Å². The summed E-state index contributed by atoms with van der Waals surface area (Å²) in [6.45, 7) is 4.40. The fourth-order valence-electron chi connectivity index (χ4n) is 3.37. The lowest BCUT2D eigenvalue weighted by atomic mass is 10.0. The smallest absolute Gasteiger partial charge is 0.260 e. The van der Waals surface area contributed by atoms with Crippen LogP contribution in [0.2, 0.25) is 0 Å². The van der Waals surface area contributed by atoms with Gasteiger partial charge in [-0.15, -0.1) is 0 Å². The van der Waals surface area contributed by atoms with Gasteiger partial charge in [-0.1, -0.05) is 24.3 Å². The second kappa shape index (κ2) is 8.00. The first-order chi connectivity index (χ1) is 13.3. The SMILES string of the molecule is COc1cccc(CN(C)C(=O)COc2cccc3c2OC(C)(C)C3)c1OC. The highest BCUT2D eigenvalue weighted by Crippen LogP contribution is 2.41. The standard InChI is InChI=1S/C22H27NO5/c1-22(2)12-15-8-6-11-18(21(15)28-22)27-14-19(24)23(3)13-16-9-7-10-17(25-4)20(16)26-5/h6-11H,12-14H2,1-5H3. The number of fused-ring (bicyclic) bond motifs is 1. The molecule has 2 aromatic rings. The largest absolute Gasteiger partial charge is 0.493 e. The summed E-state index contributed by atoms with van der Waals surface area (Å²) in [5.41, 5.74) is 1.71. The van der Waals surface area contributed by atoms with Gasteiger partial charge in [-0.25, -0.2) is 0 Å². The highest BCUT2D eigenvalue weighted by Gasteiger charge is 2.32. The molecule has 1 amide bonds. The molecule has 0 fully saturated rings. The number of hydrogen-bond acceptors (Lipinski definition) is 5. The first kappa shape index (κ1) is 19.9. The van der Waals surface area contributed by atoms with Gasteiger partial charge >= 0.3 is 0 Å². The first-order valence-electron chi connectivity index (χ1n) is 9.22. The Labute approximate surface area is 166 Å². The molecule has 6 nitrogen and oxygen atoms in total. The van der Waals surface area contributed by atoms with Gasteiger partial charge in [0.2, 0.25) is 0 Å². The second-order valence-corrected chi connectivity index (χ2v) is 7.47. The van der Waals surface area contributed by atoms with Crippen molar-refractivity contribution in [3.05, 3.63) is 47.5 Å². The Morgan fingerprint density at radius 2 is 1.82 bits per heavy atom. The number of methoxy groups -OCH3 is 2. The van der Waals surface area contributed by atoms with Gasteiger partial charge in [-0.2, -0.15) is 0 Å². The van der Waals surface area contributed by atoms with Crippen LogP contribution < -0.4 is 18.9 Å². The van der Waals surface area contributed by atoms with Gasteiger partial charge in [-0.3, -0.25) is 4.79 Å². The number of ether oxygens (including phenoxy) is 4. The van der Waals surface area contributed by atoms with Crippen LogP contribution in [0.3, 0.4) is 0 Å². The maximum absolute atomic E-state index is 12.6. The molecule has 0 unspecified atom stereocenters. The Morgan fingerprint density at radius 3 is 2.54 bits per heavy atom. The lowest BCUT2D eigenvalue weighted by molar-refractivity contribution is -0.132. The van der Waals surface area contributed by atoms with Crippen molar-refractivity contribution in [3.8, 4) is 23.0 Å². The maximum atomic E-state index is 12.6. The van der Waals surface area contributed by atoms with Crippen LogP contribution in [0.15, 0.2) is 36.4 Å². The van der Waals surface area contributed by atoms with E-state index >= 15 is 0 Å². The van der Waals surface area contributed by atoms with Gasteiger partial charge in [0.05, 0.1) is 14.2 Å². The molecule has 0 spiro atoms. The van der Waals surface area contributed by atoms with Crippen LogP contribution in [0, 0.1) is 0 Å². The predicted molar refractivity (Wildman–Crippen MR) is 106 cm³/mol. The second-order valence-electron chi connectivity index (χ2n) is 7.47. The molecular formula is C22H27NO5. The molecule has 0 atom stereocenters. The zero-order valence-corrected chi connectivity index (χ0v) is 17.1. The van der Waals surface area contributed by atoms with E-state index in [0.29, 0.717) is 23.8 Å². The highest BCUT2D eigenvalue weighted by atomic mass is 16.5.